The van der Waals surface area contributed by atoms with Gasteiger partial charge in [0.1, 0.15) is 0 Å². The number of hydrogen-bond acceptors (Lipinski definition) is 2. The molecule has 0 saturated heterocycles. The van der Waals surface area contributed by atoms with Crippen LogP contribution in [0.4, 0.5) is 0 Å². The fourth-order valence-corrected chi connectivity index (χ4v) is 1.97. The van der Waals surface area contributed by atoms with E-state index in [1.165, 1.54) is 0 Å². The summed E-state index contributed by atoms with van der Waals surface area (Å²) in [5, 5.41) is 3.24. The molecule has 1 amide bonds. The van der Waals surface area contributed by atoms with Crippen molar-refractivity contribution in [2.75, 3.05) is 6.54 Å². The van der Waals surface area contributed by atoms with Crippen LogP contribution in [0.15, 0.2) is 28.7 Å². The summed E-state index contributed by atoms with van der Waals surface area (Å²) in [6.07, 6.45) is 0. The number of nitrogens with two attached hydrogens (primary N) is 1. The Bertz CT molecular complexity index is 389. The van der Waals surface area contributed by atoms with Gasteiger partial charge in [-0.15, -0.1) is 0 Å². The van der Waals surface area contributed by atoms with E-state index in [0.29, 0.717) is 5.92 Å². The molecule has 0 aliphatic rings. The predicted molar refractivity (Wildman–Crippen MR) is 73.5 cm³/mol. The summed E-state index contributed by atoms with van der Waals surface area (Å²) in [4.78, 5) is 10.9. The highest BCUT2D eigenvalue weighted by Crippen LogP contribution is 2.29. The van der Waals surface area contributed by atoms with Crippen LogP contribution in [-0.2, 0) is 10.3 Å². The van der Waals surface area contributed by atoms with E-state index in [1.807, 2.05) is 12.1 Å². The lowest BCUT2D eigenvalue weighted by atomic mass is 9.81. The standard InChI is InChI=1S/C13H19BrN2O/c1-9(2)13(3,16-8-12(15)17)10-4-6-11(14)7-5-10/h4-7,9,16H,8H2,1-3H3,(H2,15,17)/t13-/m0/s1. The molecule has 17 heavy (non-hydrogen) atoms. The van der Waals surface area contributed by atoms with E-state index >= 15 is 0 Å². The Labute approximate surface area is 111 Å². The van der Waals surface area contributed by atoms with E-state index in [1.54, 1.807) is 0 Å². The number of halogens is 1. The van der Waals surface area contributed by atoms with Crippen LogP contribution in [-0.4, -0.2) is 12.5 Å². The first kappa shape index (κ1) is 14.2. The molecular formula is C13H19BrN2O. The van der Waals surface area contributed by atoms with Crippen molar-refractivity contribution >= 4 is 21.8 Å². The van der Waals surface area contributed by atoms with Crippen LogP contribution in [0.5, 0.6) is 0 Å². The number of hydrogen-bond donors (Lipinski definition) is 2. The van der Waals surface area contributed by atoms with Gasteiger partial charge < -0.3 is 5.73 Å². The number of benzene rings is 1. The molecular weight excluding hydrogens is 280 g/mol. The zero-order chi connectivity index (χ0) is 13.1. The summed E-state index contributed by atoms with van der Waals surface area (Å²) >= 11 is 3.42. The van der Waals surface area contributed by atoms with Crippen LogP contribution < -0.4 is 11.1 Å². The van der Waals surface area contributed by atoms with Crippen LogP contribution in [0.3, 0.4) is 0 Å². The second-order valence-electron chi connectivity index (χ2n) is 4.68. The van der Waals surface area contributed by atoms with Gasteiger partial charge in [-0.2, -0.15) is 0 Å². The second kappa shape index (κ2) is 5.65. The van der Waals surface area contributed by atoms with Crippen LogP contribution in [0.25, 0.3) is 0 Å². The summed E-state index contributed by atoms with van der Waals surface area (Å²) in [6.45, 7) is 6.51. The average molecular weight is 299 g/mol. The van der Waals surface area contributed by atoms with E-state index in [0.717, 1.165) is 10.0 Å². The molecule has 3 N–H and O–H groups in total. The van der Waals surface area contributed by atoms with Crippen molar-refractivity contribution in [2.45, 2.75) is 26.3 Å². The molecule has 1 atom stereocenters. The minimum absolute atomic E-state index is 0.185. The summed E-state index contributed by atoms with van der Waals surface area (Å²) in [6, 6.07) is 8.11. The molecule has 1 aromatic carbocycles. The lowest BCUT2D eigenvalue weighted by molar-refractivity contribution is -0.117. The van der Waals surface area contributed by atoms with Crippen molar-refractivity contribution in [2.24, 2.45) is 11.7 Å². The van der Waals surface area contributed by atoms with Gasteiger partial charge in [0.05, 0.1) is 6.54 Å². The number of rotatable bonds is 5. The van der Waals surface area contributed by atoms with Crippen LogP contribution in [0.1, 0.15) is 26.3 Å². The van der Waals surface area contributed by atoms with Crippen molar-refractivity contribution in [1.82, 2.24) is 5.32 Å². The monoisotopic (exact) mass is 298 g/mol. The minimum atomic E-state index is -0.339. The molecule has 0 aliphatic carbocycles. The van der Waals surface area contributed by atoms with Crippen LogP contribution in [0, 0.1) is 5.92 Å². The van der Waals surface area contributed by atoms with E-state index in [2.05, 4.69) is 54.2 Å². The first-order chi connectivity index (χ1) is 7.86. The largest absolute Gasteiger partial charge is 0.369 e. The van der Waals surface area contributed by atoms with Gasteiger partial charge in [0.15, 0.2) is 0 Å². The van der Waals surface area contributed by atoms with Crippen molar-refractivity contribution in [3.63, 3.8) is 0 Å². The molecule has 0 heterocycles. The second-order valence-corrected chi connectivity index (χ2v) is 5.60. The fraction of sp³-hybridized carbons (Fsp3) is 0.462. The Hall–Kier alpha value is -0.870. The van der Waals surface area contributed by atoms with Crippen molar-refractivity contribution in [3.05, 3.63) is 34.3 Å². The summed E-state index contributed by atoms with van der Waals surface area (Å²) in [5.41, 5.74) is 6.09. The van der Waals surface area contributed by atoms with E-state index in [9.17, 15) is 4.79 Å². The Morgan fingerprint density at radius 3 is 2.35 bits per heavy atom. The molecule has 0 aromatic heterocycles. The smallest absolute Gasteiger partial charge is 0.231 e. The van der Waals surface area contributed by atoms with Crippen molar-refractivity contribution < 1.29 is 4.79 Å². The van der Waals surface area contributed by atoms with Gasteiger partial charge in [0, 0.05) is 10.0 Å². The number of nitrogens with one attached hydrogen (secondary N) is 1. The Kier molecular flexibility index (Phi) is 4.71. The lowest BCUT2D eigenvalue weighted by Crippen LogP contribution is -2.47. The fourth-order valence-electron chi connectivity index (χ4n) is 1.71. The molecule has 0 saturated carbocycles. The highest BCUT2D eigenvalue weighted by Gasteiger charge is 2.30. The van der Waals surface area contributed by atoms with Gasteiger partial charge in [-0.3, -0.25) is 10.1 Å². The summed E-state index contributed by atoms with van der Waals surface area (Å²) in [7, 11) is 0. The highest BCUT2D eigenvalue weighted by atomic mass is 79.9. The minimum Gasteiger partial charge on any atom is -0.369 e. The molecule has 0 bridgehead atoms. The van der Waals surface area contributed by atoms with Gasteiger partial charge in [0.2, 0.25) is 5.91 Å². The number of carbonyl (C=O) groups is 1. The first-order valence-corrected chi connectivity index (χ1v) is 6.45. The quantitative estimate of drug-likeness (QED) is 0.877. The van der Waals surface area contributed by atoms with Gasteiger partial charge in [0.25, 0.3) is 0 Å². The molecule has 0 aliphatic heterocycles. The number of primary amides is 1. The average Bonchev–Trinajstić information content (AvgIpc) is 2.26. The molecule has 1 aromatic rings. The Morgan fingerprint density at radius 2 is 1.94 bits per heavy atom. The Balaban J connectivity index is 2.98. The molecule has 1 rings (SSSR count). The lowest BCUT2D eigenvalue weighted by Gasteiger charge is -2.35. The molecule has 0 unspecified atom stereocenters. The van der Waals surface area contributed by atoms with Gasteiger partial charge in [-0.1, -0.05) is 41.9 Å². The normalized spacial score (nSPS) is 14.6. The number of carbonyl (C=O) groups excluding carboxylic acids is 1. The van der Waals surface area contributed by atoms with E-state index < -0.39 is 0 Å². The summed E-state index contributed by atoms with van der Waals surface area (Å²) in [5.74, 6) is 0.0111. The maximum Gasteiger partial charge on any atom is 0.231 e. The third-order valence-electron chi connectivity index (χ3n) is 3.23. The topological polar surface area (TPSA) is 55.1 Å². The molecule has 3 nitrogen and oxygen atoms in total. The van der Waals surface area contributed by atoms with Crippen molar-refractivity contribution in [3.8, 4) is 0 Å². The zero-order valence-corrected chi connectivity index (χ0v) is 12.0. The number of amides is 1. The first-order valence-electron chi connectivity index (χ1n) is 5.65. The molecule has 0 fully saturated rings. The molecule has 0 radical (unpaired) electrons. The van der Waals surface area contributed by atoms with Gasteiger partial charge in [-0.25, -0.2) is 0 Å². The maximum atomic E-state index is 10.9. The molecule has 4 heteroatoms. The van der Waals surface area contributed by atoms with E-state index in [-0.39, 0.29) is 18.0 Å². The molecule has 0 spiro atoms. The maximum absolute atomic E-state index is 10.9. The third kappa shape index (κ3) is 3.54. The third-order valence-corrected chi connectivity index (χ3v) is 3.76. The van der Waals surface area contributed by atoms with Crippen LogP contribution >= 0.6 is 15.9 Å². The van der Waals surface area contributed by atoms with Gasteiger partial charge >= 0.3 is 0 Å². The zero-order valence-electron chi connectivity index (χ0n) is 10.5. The predicted octanol–water partition coefficient (Wildman–Crippen LogP) is 2.40. The van der Waals surface area contributed by atoms with E-state index in [4.69, 9.17) is 5.73 Å². The van der Waals surface area contributed by atoms with Crippen molar-refractivity contribution in [1.29, 1.82) is 0 Å². The molecule has 94 valence electrons. The SMILES string of the molecule is CC(C)[C@](C)(NCC(N)=O)c1ccc(Br)cc1. The summed E-state index contributed by atoms with van der Waals surface area (Å²) < 4.78 is 1.04. The Morgan fingerprint density at radius 1 is 1.41 bits per heavy atom. The highest BCUT2D eigenvalue weighted by molar-refractivity contribution is 9.10. The van der Waals surface area contributed by atoms with Gasteiger partial charge in [-0.05, 0) is 30.5 Å². The van der Waals surface area contributed by atoms with Crippen LogP contribution in [0.2, 0.25) is 0 Å².